The van der Waals surface area contributed by atoms with Crippen molar-refractivity contribution in [2.24, 2.45) is 5.73 Å². The van der Waals surface area contributed by atoms with Crippen LogP contribution < -0.4 is 10.5 Å². The number of halogens is 1. The van der Waals surface area contributed by atoms with Gasteiger partial charge in [-0.15, -0.1) is 0 Å². The molecule has 3 aromatic heterocycles. The zero-order chi connectivity index (χ0) is 25.1. The van der Waals surface area contributed by atoms with Gasteiger partial charge in [-0.25, -0.2) is 9.37 Å². The van der Waals surface area contributed by atoms with E-state index in [0.29, 0.717) is 30.0 Å². The zero-order valence-corrected chi connectivity index (χ0v) is 20.0. The van der Waals surface area contributed by atoms with Crippen molar-refractivity contribution in [3.05, 3.63) is 77.6 Å². The van der Waals surface area contributed by atoms with Crippen LogP contribution in [0.1, 0.15) is 16.7 Å². The van der Waals surface area contributed by atoms with Crippen LogP contribution in [0.15, 0.2) is 55.1 Å². The highest BCUT2D eigenvalue weighted by Crippen LogP contribution is 2.32. The van der Waals surface area contributed by atoms with Gasteiger partial charge in [-0.3, -0.25) is 9.69 Å². The van der Waals surface area contributed by atoms with E-state index in [1.54, 1.807) is 41.7 Å². The number of piperazine rings is 1. The van der Waals surface area contributed by atoms with E-state index < -0.39 is 11.9 Å². The van der Waals surface area contributed by atoms with Crippen LogP contribution in [-0.2, 0) is 17.8 Å². The van der Waals surface area contributed by atoms with Crippen molar-refractivity contribution in [3.63, 3.8) is 0 Å². The summed E-state index contributed by atoms with van der Waals surface area (Å²) < 4.78 is 20.8. The SMILES string of the molecule is Cc1c[nH]c2nccc(Oc3ccc(C[C@H](N)C(=O)N4CCN(Cc5ccnnc5)CC4)cc3F)c12. The largest absolute Gasteiger partial charge is 0.453 e. The number of carbonyl (C=O) groups excluding carboxylic acids is 1. The number of aryl methyl sites for hydroxylation is 1. The van der Waals surface area contributed by atoms with E-state index in [-0.39, 0.29) is 18.1 Å². The summed E-state index contributed by atoms with van der Waals surface area (Å²) in [5.74, 6) is -0.00327. The lowest BCUT2D eigenvalue weighted by atomic mass is 10.0. The number of hydrogen-bond donors (Lipinski definition) is 2. The highest BCUT2D eigenvalue weighted by atomic mass is 19.1. The summed E-state index contributed by atoms with van der Waals surface area (Å²) in [6, 6.07) is 7.60. The normalized spacial score (nSPS) is 15.2. The van der Waals surface area contributed by atoms with Gasteiger partial charge in [0.1, 0.15) is 11.4 Å². The molecule has 1 aromatic carbocycles. The molecule has 36 heavy (non-hydrogen) atoms. The molecule has 0 aliphatic carbocycles. The Labute approximate surface area is 208 Å². The number of aromatic nitrogens is 4. The molecule has 1 fully saturated rings. The van der Waals surface area contributed by atoms with Crippen molar-refractivity contribution in [3.8, 4) is 11.5 Å². The number of benzene rings is 1. The lowest BCUT2D eigenvalue weighted by molar-refractivity contribution is -0.134. The van der Waals surface area contributed by atoms with Crippen LogP contribution >= 0.6 is 0 Å². The molecule has 4 heterocycles. The van der Waals surface area contributed by atoms with Gasteiger partial charge in [-0.05, 0) is 54.3 Å². The van der Waals surface area contributed by atoms with Crippen LogP contribution in [0, 0.1) is 12.7 Å². The summed E-state index contributed by atoms with van der Waals surface area (Å²) in [6.45, 7) is 5.42. The van der Waals surface area contributed by atoms with Gasteiger partial charge < -0.3 is 20.4 Å². The minimum Gasteiger partial charge on any atom is -0.453 e. The summed E-state index contributed by atoms with van der Waals surface area (Å²) >= 11 is 0. The average molecular weight is 490 g/mol. The van der Waals surface area contributed by atoms with Crippen LogP contribution in [0.2, 0.25) is 0 Å². The van der Waals surface area contributed by atoms with Crippen molar-refractivity contribution in [1.82, 2.24) is 30.0 Å². The Hall–Kier alpha value is -3.89. The maximum absolute atomic E-state index is 14.9. The molecule has 10 heteroatoms. The standard InChI is InChI=1S/C26H28FN7O2/c1-17-14-30-25-24(17)23(5-6-29-25)36-22-3-2-18(12-20(22)27)13-21(28)26(35)34-10-8-33(9-11-34)16-19-4-7-31-32-15-19/h2-7,12,14-15,21H,8-11,13,16,28H2,1H3,(H,29,30)/t21-/m0/s1. The predicted octanol–water partition coefficient (Wildman–Crippen LogP) is 2.81. The summed E-state index contributed by atoms with van der Waals surface area (Å²) in [6.07, 6.45) is 7.12. The molecule has 0 radical (unpaired) electrons. The van der Waals surface area contributed by atoms with Crippen LogP contribution in [0.25, 0.3) is 11.0 Å². The molecule has 1 saturated heterocycles. The van der Waals surface area contributed by atoms with E-state index in [2.05, 4.69) is 25.1 Å². The van der Waals surface area contributed by atoms with E-state index in [0.717, 1.165) is 36.1 Å². The number of nitrogens with zero attached hydrogens (tertiary/aromatic N) is 5. The highest BCUT2D eigenvalue weighted by molar-refractivity contribution is 5.86. The number of amides is 1. The molecule has 0 unspecified atom stereocenters. The number of ether oxygens (including phenoxy) is 1. The molecular formula is C26H28FN7O2. The molecule has 3 N–H and O–H groups in total. The summed E-state index contributed by atoms with van der Waals surface area (Å²) in [5.41, 5.74) is 9.61. The third kappa shape index (κ3) is 5.19. The van der Waals surface area contributed by atoms with Gasteiger partial charge in [0.2, 0.25) is 5.91 Å². The first-order valence-corrected chi connectivity index (χ1v) is 11.9. The molecule has 0 bridgehead atoms. The van der Waals surface area contributed by atoms with E-state index in [4.69, 9.17) is 10.5 Å². The van der Waals surface area contributed by atoms with Crippen LogP contribution in [0.5, 0.6) is 11.5 Å². The third-order valence-corrected chi connectivity index (χ3v) is 6.46. The average Bonchev–Trinajstić information content (AvgIpc) is 3.28. The quantitative estimate of drug-likeness (QED) is 0.410. The fourth-order valence-electron chi connectivity index (χ4n) is 4.51. The predicted molar refractivity (Wildman–Crippen MR) is 133 cm³/mol. The minimum absolute atomic E-state index is 0.104. The van der Waals surface area contributed by atoms with Crippen molar-refractivity contribution in [1.29, 1.82) is 0 Å². The van der Waals surface area contributed by atoms with E-state index in [1.165, 1.54) is 6.07 Å². The topological polar surface area (TPSA) is 113 Å². The van der Waals surface area contributed by atoms with Crippen LogP contribution in [-0.4, -0.2) is 68.1 Å². The van der Waals surface area contributed by atoms with Gasteiger partial charge in [0.15, 0.2) is 11.6 Å². The van der Waals surface area contributed by atoms with Gasteiger partial charge in [-0.1, -0.05) is 6.07 Å². The third-order valence-electron chi connectivity index (χ3n) is 6.46. The fraction of sp³-hybridized carbons (Fsp3) is 0.308. The molecule has 4 aromatic rings. The second-order valence-electron chi connectivity index (χ2n) is 9.03. The Balaban J connectivity index is 1.17. The number of fused-ring (bicyclic) bond motifs is 1. The van der Waals surface area contributed by atoms with Crippen LogP contribution in [0.3, 0.4) is 0 Å². The first kappa shape index (κ1) is 23.8. The molecular weight excluding hydrogens is 461 g/mol. The highest BCUT2D eigenvalue weighted by Gasteiger charge is 2.26. The zero-order valence-electron chi connectivity index (χ0n) is 20.0. The van der Waals surface area contributed by atoms with Crippen molar-refractivity contribution in [2.45, 2.75) is 25.9 Å². The minimum atomic E-state index is -0.741. The summed E-state index contributed by atoms with van der Waals surface area (Å²) in [7, 11) is 0. The van der Waals surface area contributed by atoms with E-state index in [9.17, 15) is 9.18 Å². The number of H-pyrrole nitrogens is 1. The lowest BCUT2D eigenvalue weighted by Gasteiger charge is -2.35. The molecule has 1 atom stereocenters. The number of pyridine rings is 1. The Bertz CT molecular complexity index is 1350. The van der Waals surface area contributed by atoms with E-state index >= 15 is 0 Å². The number of nitrogens with one attached hydrogen (secondary N) is 1. The van der Waals surface area contributed by atoms with Crippen molar-refractivity contribution < 1.29 is 13.9 Å². The lowest BCUT2D eigenvalue weighted by Crippen LogP contribution is -2.53. The monoisotopic (exact) mass is 489 g/mol. The molecule has 0 spiro atoms. The molecule has 186 valence electrons. The molecule has 5 rings (SSSR count). The Kier molecular flexibility index (Phi) is 6.88. The number of rotatable bonds is 7. The Morgan fingerprint density at radius 1 is 1.11 bits per heavy atom. The number of hydrogen-bond acceptors (Lipinski definition) is 7. The molecule has 1 aliphatic rings. The molecule has 0 saturated carbocycles. The first-order chi connectivity index (χ1) is 17.5. The number of aromatic amines is 1. The Morgan fingerprint density at radius 3 is 2.69 bits per heavy atom. The second kappa shape index (κ2) is 10.4. The van der Waals surface area contributed by atoms with Gasteiger partial charge in [0.25, 0.3) is 0 Å². The fourth-order valence-corrected chi connectivity index (χ4v) is 4.51. The Morgan fingerprint density at radius 2 is 1.94 bits per heavy atom. The second-order valence-corrected chi connectivity index (χ2v) is 9.03. The van der Waals surface area contributed by atoms with Gasteiger partial charge >= 0.3 is 0 Å². The first-order valence-electron chi connectivity index (χ1n) is 11.9. The molecule has 1 aliphatic heterocycles. The number of carbonyl (C=O) groups is 1. The van der Waals surface area contributed by atoms with Gasteiger partial charge in [0, 0.05) is 51.3 Å². The van der Waals surface area contributed by atoms with Crippen LogP contribution in [0.4, 0.5) is 4.39 Å². The summed E-state index contributed by atoms with van der Waals surface area (Å²) in [5, 5.41) is 8.52. The van der Waals surface area contributed by atoms with Crippen molar-refractivity contribution in [2.75, 3.05) is 26.2 Å². The van der Waals surface area contributed by atoms with E-state index in [1.807, 2.05) is 19.2 Å². The maximum Gasteiger partial charge on any atom is 0.239 e. The molecule has 9 nitrogen and oxygen atoms in total. The molecule has 1 amide bonds. The van der Waals surface area contributed by atoms with Gasteiger partial charge in [-0.2, -0.15) is 10.2 Å². The van der Waals surface area contributed by atoms with Gasteiger partial charge in [0.05, 0.1) is 17.6 Å². The smallest absolute Gasteiger partial charge is 0.239 e. The number of nitrogens with two attached hydrogens (primary N) is 1. The summed E-state index contributed by atoms with van der Waals surface area (Å²) in [4.78, 5) is 24.3. The maximum atomic E-state index is 14.9. The van der Waals surface area contributed by atoms with Crippen molar-refractivity contribution >= 4 is 16.9 Å².